The molecule has 4 nitrogen and oxygen atoms in total. The third-order valence-electron chi connectivity index (χ3n) is 2.22. The van der Waals surface area contributed by atoms with Crippen LogP contribution < -0.4 is 0 Å². The van der Waals surface area contributed by atoms with Gasteiger partial charge in [-0.25, -0.2) is 4.98 Å². The Balaban J connectivity index is 2.06. The van der Waals surface area contributed by atoms with Crippen molar-refractivity contribution in [2.75, 3.05) is 0 Å². The van der Waals surface area contributed by atoms with Gasteiger partial charge in [-0.05, 0) is 17.7 Å². The zero-order valence-corrected chi connectivity index (χ0v) is 8.11. The maximum absolute atomic E-state index is 9.79. The molecule has 0 fully saturated rings. The molecule has 1 atom stereocenters. The predicted octanol–water partition coefficient (Wildman–Crippen LogP) is 1.32. The molecule has 2 N–H and O–H groups in total. The molecule has 0 bridgehead atoms. The van der Waals surface area contributed by atoms with Crippen LogP contribution in [0.25, 0.3) is 0 Å². The summed E-state index contributed by atoms with van der Waals surface area (Å²) < 4.78 is 1.63. The Bertz CT molecular complexity index is 409. The molecule has 0 amide bonds. The van der Waals surface area contributed by atoms with Crippen LogP contribution in [0.1, 0.15) is 11.8 Å². The molecule has 2 aromatic rings. The highest BCUT2D eigenvalue weighted by atomic mass is 16.3. The molecule has 0 aliphatic heterocycles. The number of imidazole rings is 1. The van der Waals surface area contributed by atoms with E-state index in [0.717, 1.165) is 5.56 Å². The van der Waals surface area contributed by atoms with Gasteiger partial charge in [0.15, 0.2) is 0 Å². The Labute approximate surface area is 87.4 Å². The predicted molar refractivity (Wildman–Crippen MR) is 55.3 cm³/mol. The number of aromatic nitrogens is 2. The molecule has 4 heteroatoms. The lowest BCUT2D eigenvalue weighted by atomic mass is 10.1. The van der Waals surface area contributed by atoms with Crippen molar-refractivity contribution in [3.05, 3.63) is 48.5 Å². The molecule has 0 spiro atoms. The Morgan fingerprint density at radius 1 is 1.27 bits per heavy atom. The number of benzene rings is 1. The highest BCUT2D eigenvalue weighted by Gasteiger charge is 2.06. The number of aliphatic hydroxyl groups excluding tert-OH is 1. The lowest BCUT2D eigenvalue weighted by Gasteiger charge is -2.11. The number of phenols is 1. The van der Waals surface area contributed by atoms with E-state index in [9.17, 15) is 5.11 Å². The summed E-state index contributed by atoms with van der Waals surface area (Å²) in [6.45, 7) is 0. The van der Waals surface area contributed by atoms with Gasteiger partial charge in [0.1, 0.15) is 12.0 Å². The van der Waals surface area contributed by atoms with Gasteiger partial charge < -0.3 is 14.8 Å². The normalized spacial score (nSPS) is 12.6. The summed E-state index contributed by atoms with van der Waals surface area (Å²) >= 11 is 0. The van der Waals surface area contributed by atoms with Crippen molar-refractivity contribution < 1.29 is 10.2 Å². The van der Waals surface area contributed by atoms with E-state index < -0.39 is 6.23 Å². The van der Waals surface area contributed by atoms with Gasteiger partial charge >= 0.3 is 0 Å². The second-order valence-corrected chi connectivity index (χ2v) is 3.36. The summed E-state index contributed by atoms with van der Waals surface area (Å²) in [6, 6.07) is 6.79. The van der Waals surface area contributed by atoms with Crippen LogP contribution in [0.3, 0.4) is 0 Å². The molecule has 15 heavy (non-hydrogen) atoms. The van der Waals surface area contributed by atoms with Gasteiger partial charge in [0, 0.05) is 18.8 Å². The smallest absolute Gasteiger partial charge is 0.135 e. The molecular formula is C11H12N2O2. The first-order valence-corrected chi connectivity index (χ1v) is 4.69. The summed E-state index contributed by atoms with van der Waals surface area (Å²) in [4.78, 5) is 3.86. The number of phenolic OH excluding ortho intramolecular Hbond substituents is 1. The molecule has 0 radical (unpaired) electrons. The lowest BCUT2D eigenvalue weighted by molar-refractivity contribution is 0.104. The van der Waals surface area contributed by atoms with Gasteiger partial charge in [-0.2, -0.15) is 0 Å². The maximum Gasteiger partial charge on any atom is 0.135 e. The number of aliphatic hydroxyl groups is 1. The van der Waals surface area contributed by atoms with Crippen LogP contribution in [0.2, 0.25) is 0 Å². The number of nitrogens with zero attached hydrogens (tertiary/aromatic N) is 2. The van der Waals surface area contributed by atoms with E-state index >= 15 is 0 Å². The maximum atomic E-state index is 9.79. The molecule has 1 unspecified atom stereocenters. The third-order valence-corrected chi connectivity index (χ3v) is 2.22. The first-order valence-electron chi connectivity index (χ1n) is 4.69. The van der Waals surface area contributed by atoms with E-state index in [4.69, 9.17) is 5.11 Å². The van der Waals surface area contributed by atoms with Crippen LogP contribution in [0.4, 0.5) is 0 Å². The summed E-state index contributed by atoms with van der Waals surface area (Å²) in [6.07, 6.45) is 4.80. The minimum absolute atomic E-state index is 0.232. The first-order chi connectivity index (χ1) is 7.25. The van der Waals surface area contributed by atoms with Gasteiger partial charge in [-0.1, -0.05) is 12.1 Å². The van der Waals surface area contributed by atoms with E-state index in [1.807, 2.05) is 0 Å². The molecule has 1 heterocycles. The monoisotopic (exact) mass is 204 g/mol. The van der Waals surface area contributed by atoms with E-state index in [1.165, 1.54) is 0 Å². The molecule has 1 aromatic carbocycles. The average Bonchev–Trinajstić information content (AvgIpc) is 2.74. The van der Waals surface area contributed by atoms with Crippen molar-refractivity contribution in [2.24, 2.45) is 0 Å². The molecule has 0 aliphatic carbocycles. The Morgan fingerprint density at radius 2 is 2.00 bits per heavy atom. The van der Waals surface area contributed by atoms with Gasteiger partial charge in [-0.15, -0.1) is 0 Å². The Kier molecular flexibility index (Phi) is 2.69. The van der Waals surface area contributed by atoms with Crippen molar-refractivity contribution in [1.82, 2.24) is 9.55 Å². The summed E-state index contributed by atoms with van der Waals surface area (Å²) in [7, 11) is 0. The van der Waals surface area contributed by atoms with E-state index in [1.54, 1.807) is 47.6 Å². The zero-order valence-electron chi connectivity index (χ0n) is 8.11. The topological polar surface area (TPSA) is 58.3 Å². The van der Waals surface area contributed by atoms with Crippen LogP contribution in [0.15, 0.2) is 43.0 Å². The largest absolute Gasteiger partial charge is 0.508 e. The second kappa shape index (κ2) is 4.14. The van der Waals surface area contributed by atoms with Gasteiger partial charge in [-0.3, -0.25) is 0 Å². The third kappa shape index (κ3) is 2.35. The molecule has 0 saturated heterocycles. The zero-order chi connectivity index (χ0) is 10.7. The Morgan fingerprint density at radius 3 is 2.60 bits per heavy atom. The molecule has 0 saturated carbocycles. The number of aromatic hydroxyl groups is 1. The number of hydrogen-bond acceptors (Lipinski definition) is 3. The molecule has 0 aliphatic rings. The molecule has 2 rings (SSSR count). The highest BCUT2D eigenvalue weighted by molar-refractivity contribution is 5.26. The van der Waals surface area contributed by atoms with E-state index in [-0.39, 0.29) is 5.75 Å². The molecule has 78 valence electrons. The second-order valence-electron chi connectivity index (χ2n) is 3.36. The quantitative estimate of drug-likeness (QED) is 0.792. The molecule has 1 aromatic heterocycles. The van der Waals surface area contributed by atoms with Gasteiger partial charge in [0.25, 0.3) is 0 Å². The number of hydrogen-bond donors (Lipinski definition) is 2. The van der Waals surface area contributed by atoms with Gasteiger partial charge in [0.2, 0.25) is 0 Å². The first kappa shape index (κ1) is 9.73. The van der Waals surface area contributed by atoms with E-state index in [0.29, 0.717) is 6.42 Å². The van der Waals surface area contributed by atoms with Crippen molar-refractivity contribution in [3.63, 3.8) is 0 Å². The van der Waals surface area contributed by atoms with Crippen LogP contribution in [-0.4, -0.2) is 19.8 Å². The fraction of sp³-hybridized carbons (Fsp3) is 0.182. The summed E-state index contributed by atoms with van der Waals surface area (Å²) in [5.74, 6) is 0.232. The van der Waals surface area contributed by atoms with Crippen molar-refractivity contribution in [3.8, 4) is 5.75 Å². The highest BCUT2D eigenvalue weighted by Crippen LogP contribution is 2.14. The fourth-order valence-corrected chi connectivity index (χ4v) is 1.39. The van der Waals surface area contributed by atoms with E-state index in [2.05, 4.69) is 4.98 Å². The standard InChI is InChI=1S/C11H12N2O2/c14-10-3-1-9(2-4-10)7-11(15)13-6-5-12-8-13/h1-6,8,11,14-15H,7H2. The summed E-state index contributed by atoms with van der Waals surface area (Å²) in [5.41, 5.74) is 0.967. The van der Waals surface area contributed by atoms with Crippen LogP contribution in [-0.2, 0) is 6.42 Å². The minimum atomic E-state index is -0.614. The molecular weight excluding hydrogens is 192 g/mol. The minimum Gasteiger partial charge on any atom is -0.508 e. The van der Waals surface area contributed by atoms with Crippen LogP contribution in [0.5, 0.6) is 5.75 Å². The number of rotatable bonds is 3. The van der Waals surface area contributed by atoms with Crippen molar-refractivity contribution >= 4 is 0 Å². The Hall–Kier alpha value is -1.81. The fourth-order valence-electron chi connectivity index (χ4n) is 1.39. The van der Waals surface area contributed by atoms with Crippen molar-refractivity contribution in [2.45, 2.75) is 12.6 Å². The summed E-state index contributed by atoms with van der Waals surface area (Å²) in [5, 5.41) is 18.9. The SMILES string of the molecule is Oc1ccc(CC(O)n2ccnc2)cc1. The lowest BCUT2D eigenvalue weighted by Crippen LogP contribution is -2.08. The average molecular weight is 204 g/mol. The van der Waals surface area contributed by atoms with Crippen LogP contribution in [0, 0.1) is 0 Å². The van der Waals surface area contributed by atoms with Crippen molar-refractivity contribution in [1.29, 1.82) is 0 Å². The van der Waals surface area contributed by atoms with Gasteiger partial charge in [0.05, 0.1) is 6.33 Å². The van der Waals surface area contributed by atoms with Crippen LogP contribution >= 0.6 is 0 Å².